The zero-order chi connectivity index (χ0) is 21.4. The third-order valence-corrected chi connectivity index (χ3v) is 6.01. The summed E-state index contributed by atoms with van der Waals surface area (Å²) in [6, 6.07) is 3.46. The zero-order valence-electron chi connectivity index (χ0n) is 17.7. The van der Waals surface area contributed by atoms with Crippen molar-refractivity contribution >= 4 is 17.4 Å². The molecule has 0 unspecified atom stereocenters. The molecule has 0 bridgehead atoms. The predicted molar refractivity (Wildman–Crippen MR) is 111 cm³/mol. The van der Waals surface area contributed by atoms with Crippen LogP contribution in [-0.2, 0) is 29.6 Å². The second-order valence-corrected chi connectivity index (χ2v) is 8.25. The van der Waals surface area contributed by atoms with E-state index >= 15 is 0 Å². The largest absolute Gasteiger partial charge is 0.467 e. The van der Waals surface area contributed by atoms with Gasteiger partial charge in [-0.1, -0.05) is 20.3 Å². The molecule has 0 saturated carbocycles. The first-order valence-corrected chi connectivity index (χ1v) is 10.6. The summed E-state index contributed by atoms with van der Waals surface area (Å²) in [5, 5.41) is 3.07. The molecule has 8 heteroatoms. The molecular formula is C22H28N4O4. The Morgan fingerprint density at radius 3 is 2.53 bits per heavy atom. The average molecular weight is 412 g/mol. The summed E-state index contributed by atoms with van der Waals surface area (Å²) in [5.41, 5.74) is 1.33. The maximum atomic E-state index is 13.5. The van der Waals surface area contributed by atoms with Gasteiger partial charge in [-0.2, -0.15) is 0 Å². The number of furan rings is 1. The summed E-state index contributed by atoms with van der Waals surface area (Å²) in [5.74, 6) is 0.318. The van der Waals surface area contributed by atoms with Gasteiger partial charge >= 0.3 is 0 Å². The second-order valence-electron chi connectivity index (χ2n) is 8.25. The fourth-order valence-corrected chi connectivity index (χ4v) is 4.31. The topological polar surface area (TPSA) is 91.6 Å². The number of nitrogens with one attached hydrogen (secondary N) is 1. The molecule has 0 radical (unpaired) electrons. The van der Waals surface area contributed by atoms with E-state index in [2.05, 4.69) is 12.0 Å². The minimum atomic E-state index is -0.431. The molecule has 160 valence electrons. The highest BCUT2D eigenvalue weighted by Gasteiger charge is 2.44. The number of H-pyrrole nitrogens is 1. The first kappa shape index (κ1) is 20.3. The minimum Gasteiger partial charge on any atom is -0.467 e. The number of aromatic nitrogens is 2. The van der Waals surface area contributed by atoms with Crippen LogP contribution >= 0.6 is 0 Å². The fourth-order valence-electron chi connectivity index (χ4n) is 4.31. The molecule has 2 aliphatic rings. The number of piperidine rings is 1. The van der Waals surface area contributed by atoms with E-state index in [0.29, 0.717) is 48.1 Å². The SMILES string of the molecule is CCCc1[nH]n(C)c(=O)c1C1=C(N2CCC(C)CC2)C(=O)N(Cc2ccco2)C1=O. The van der Waals surface area contributed by atoms with Crippen molar-refractivity contribution in [1.29, 1.82) is 0 Å². The van der Waals surface area contributed by atoms with Crippen molar-refractivity contribution in [2.75, 3.05) is 13.1 Å². The molecule has 1 saturated heterocycles. The van der Waals surface area contributed by atoms with E-state index in [0.717, 1.165) is 19.3 Å². The number of nitrogens with zero attached hydrogens (tertiary/aromatic N) is 3. The number of carbonyl (C=O) groups excluding carboxylic acids is 2. The molecule has 0 aliphatic carbocycles. The maximum Gasteiger partial charge on any atom is 0.278 e. The number of aromatic amines is 1. The average Bonchev–Trinajstić information content (AvgIpc) is 3.39. The molecule has 1 fully saturated rings. The number of amides is 2. The van der Waals surface area contributed by atoms with Crippen molar-refractivity contribution in [3.05, 3.63) is 51.5 Å². The Hall–Kier alpha value is -3.03. The monoisotopic (exact) mass is 412 g/mol. The van der Waals surface area contributed by atoms with E-state index in [1.54, 1.807) is 19.2 Å². The molecule has 8 nitrogen and oxygen atoms in total. The summed E-state index contributed by atoms with van der Waals surface area (Å²) >= 11 is 0. The van der Waals surface area contributed by atoms with E-state index in [1.807, 2.05) is 11.8 Å². The Balaban J connectivity index is 1.83. The van der Waals surface area contributed by atoms with Crippen molar-refractivity contribution in [2.45, 2.75) is 46.1 Å². The van der Waals surface area contributed by atoms with Crippen molar-refractivity contribution in [3.63, 3.8) is 0 Å². The van der Waals surface area contributed by atoms with Crippen LogP contribution in [0.3, 0.4) is 0 Å². The number of hydrogen-bond donors (Lipinski definition) is 1. The van der Waals surface area contributed by atoms with Crippen LogP contribution in [0.1, 0.15) is 50.1 Å². The second kappa shape index (κ2) is 8.01. The highest BCUT2D eigenvalue weighted by Crippen LogP contribution is 2.34. The lowest BCUT2D eigenvalue weighted by Crippen LogP contribution is -2.38. The van der Waals surface area contributed by atoms with E-state index in [-0.39, 0.29) is 23.6 Å². The lowest BCUT2D eigenvalue weighted by Gasteiger charge is -2.32. The van der Waals surface area contributed by atoms with Gasteiger partial charge in [-0.15, -0.1) is 0 Å². The summed E-state index contributed by atoms with van der Waals surface area (Å²) < 4.78 is 6.75. The third-order valence-electron chi connectivity index (χ3n) is 6.01. The van der Waals surface area contributed by atoms with Crippen LogP contribution in [0.15, 0.2) is 33.3 Å². The van der Waals surface area contributed by atoms with Crippen LogP contribution in [0.4, 0.5) is 0 Å². The molecule has 2 amide bonds. The lowest BCUT2D eigenvalue weighted by molar-refractivity contribution is -0.138. The van der Waals surface area contributed by atoms with Crippen LogP contribution in [-0.4, -0.2) is 44.5 Å². The quantitative estimate of drug-likeness (QED) is 0.735. The maximum absolute atomic E-state index is 13.5. The summed E-state index contributed by atoms with van der Waals surface area (Å²) in [6.07, 6.45) is 4.85. The van der Waals surface area contributed by atoms with Crippen LogP contribution in [0.2, 0.25) is 0 Å². The van der Waals surface area contributed by atoms with Gasteiger partial charge in [-0.25, -0.2) is 0 Å². The number of hydrogen-bond acceptors (Lipinski definition) is 5. The lowest BCUT2D eigenvalue weighted by atomic mass is 9.97. The van der Waals surface area contributed by atoms with Crippen LogP contribution in [0, 0.1) is 5.92 Å². The van der Waals surface area contributed by atoms with Gasteiger partial charge in [-0.3, -0.25) is 29.1 Å². The number of imide groups is 1. The molecule has 4 heterocycles. The molecule has 2 aromatic heterocycles. The third kappa shape index (κ3) is 3.40. The zero-order valence-corrected chi connectivity index (χ0v) is 17.7. The Bertz CT molecular complexity index is 1040. The Kier molecular flexibility index (Phi) is 5.40. The van der Waals surface area contributed by atoms with Gasteiger partial charge in [-0.05, 0) is 37.3 Å². The highest BCUT2D eigenvalue weighted by atomic mass is 16.3. The minimum absolute atomic E-state index is 0.0513. The van der Waals surface area contributed by atoms with Gasteiger partial charge in [0.15, 0.2) is 0 Å². The molecule has 30 heavy (non-hydrogen) atoms. The number of carbonyl (C=O) groups is 2. The summed E-state index contributed by atoms with van der Waals surface area (Å²) in [7, 11) is 1.63. The number of rotatable bonds is 6. The molecule has 1 N–H and O–H groups in total. The molecule has 2 aromatic rings. The van der Waals surface area contributed by atoms with Gasteiger partial charge in [0, 0.05) is 25.8 Å². The summed E-state index contributed by atoms with van der Waals surface area (Å²) in [4.78, 5) is 43.1. The first-order valence-electron chi connectivity index (χ1n) is 10.6. The first-order chi connectivity index (χ1) is 14.4. The van der Waals surface area contributed by atoms with Crippen LogP contribution < -0.4 is 5.56 Å². The van der Waals surface area contributed by atoms with Gasteiger partial charge in [0.2, 0.25) is 0 Å². The molecule has 0 spiro atoms. The van der Waals surface area contributed by atoms with Crippen molar-refractivity contribution < 1.29 is 14.0 Å². The van der Waals surface area contributed by atoms with Crippen LogP contribution in [0.25, 0.3) is 5.57 Å². The number of aryl methyl sites for hydroxylation is 2. The van der Waals surface area contributed by atoms with Crippen LogP contribution in [0.5, 0.6) is 0 Å². The Morgan fingerprint density at radius 1 is 1.17 bits per heavy atom. The van der Waals surface area contributed by atoms with Crippen molar-refractivity contribution in [2.24, 2.45) is 13.0 Å². The standard InChI is InChI=1S/C22H28N4O4/c1-4-6-16-17(20(27)24(3)23-16)18-19(25-10-8-14(2)9-11-25)22(29)26(21(18)28)13-15-7-5-12-30-15/h5,7,12,14,23H,4,6,8-11,13H2,1-3H3. The molecule has 0 atom stereocenters. The normalized spacial score (nSPS) is 18.2. The highest BCUT2D eigenvalue weighted by molar-refractivity contribution is 6.35. The molecule has 0 aromatic carbocycles. The van der Waals surface area contributed by atoms with E-state index in [1.165, 1.54) is 15.8 Å². The summed E-state index contributed by atoms with van der Waals surface area (Å²) in [6.45, 7) is 5.65. The smallest absolute Gasteiger partial charge is 0.278 e. The fraction of sp³-hybridized carbons (Fsp3) is 0.500. The van der Waals surface area contributed by atoms with E-state index in [9.17, 15) is 14.4 Å². The van der Waals surface area contributed by atoms with Crippen molar-refractivity contribution in [1.82, 2.24) is 19.6 Å². The number of likely N-dealkylation sites (tertiary alicyclic amines) is 1. The van der Waals surface area contributed by atoms with E-state index in [4.69, 9.17) is 4.42 Å². The van der Waals surface area contributed by atoms with Gasteiger partial charge in [0.25, 0.3) is 17.4 Å². The molecule has 4 rings (SSSR count). The van der Waals surface area contributed by atoms with Crippen molar-refractivity contribution in [3.8, 4) is 0 Å². The Labute approximate surface area is 175 Å². The van der Waals surface area contributed by atoms with E-state index < -0.39 is 5.91 Å². The van der Waals surface area contributed by atoms with Gasteiger partial charge in [0.1, 0.15) is 11.5 Å². The molecule has 2 aliphatic heterocycles. The van der Waals surface area contributed by atoms with Gasteiger partial charge in [0.05, 0.1) is 23.9 Å². The Morgan fingerprint density at radius 2 is 1.90 bits per heavy atom. The molecular weight excluding hydrogens is 384 g/mol. The van der Waals surface area contributed by atoms with Gasteiger partial charge < -0.3 is 9.32 Å². The predicted octanol–water partition coefficient (Wildman–Crippen LogP) is 2.27.